The van der Waals surface area contributed by atoms with E-state index in [1.165, 1.54) is 12.8 Å². The van der Waals surface area contributed by atoms with E-state index in [0.717, 1.165) is 12.8 Å². The molecule has 0 saturated heterocycles. The predicted octanol–water partition coefficient (Wildman–Crippen LogP) is 1.27. The molecule has 2 heteroatoms. The van der Waals surface area contributed by atoms with Crippen LogP contribution in [-0.4, -0.2) is 24.8 Å². The Hall–Kier alpha value is -0.970. The molecule has 1 rings (SSSR count). The highest BCUT2D eigenvalue weighted by Crippen LogP contribution is 2.24. The molecule has 0 aromatic carbocycles. The van der Waals surface area contributed by atoms with E-state index >= 15 is 0 Å². The molecule has 66 valence electrons. The fraction of sp³-hybridized carbons (Fsp3) is 0.700. The van der Waals surface area contributed by atoms with Gasteiger partial charge in [-0.2, -0.15) is 0 Å². The van der Waals surface area contributed by atoms with Crippen LogP contribution in [0.1, 0.15) is 25.7 Å². The number of carbonyl (C=O) groups excluding carboxylic acids is 1. The summed E-state index contributed by atoms with van der Waals surface area (Å²) in [5.74, 6) is 3.02. The summed E-state index contributed by atoms with van der Waals surface area (Å²) in [6, 6.07) is 2.76. The van der Waals surface area contributed by atoms with Crippen LogP contribution in [0.5, 0.6) is 0 Å². The zero-order valence-electron chi connectivity index (χ0n) is 7.76. The predicted molar refractivity (Wildman–Crippen MR) is 48.4 cm³/mol. The van der Waals surface area contributed by atoms with Gasteiger partial charge in [0.25, 0.3) is 0 Å². The lowest BCUT2D eigenvalue weighted by Gasteiger charge is -2.01. The molecule has 0 heterocycles. The lowest BCUT2D eigenvalue weighted by atomic mass is 10.0. The van der Waals surface area contributed by atoms with E-state index in [2.05, 4.69) is 12.0 Å². The van der Waals surface area contributed by atoms with Crippen LogP contribution < -0.4 is 0 Å². The second-order valence-corrected chi connectivity index (χ2v) is 3.48. The van der Waals surface area contributed by atoms with Gasteiger partial charge in [0.2, 0.25) is 5.78 Å². The average Bonchev–Trinajstić information content (AvgIpc) is 2.51. The van der Waals surface area contributed by atoms with Gasteiger partial charge in [0, 0.05) is 26.1 Å². The van der Waals surface area contributed by atoms with Crippen LogP contribution in [0.25, 0.3) is 0 Å². The zero-order valence-corrected chi connectivity index (χ0v) is 7.76. The maximum Gasteiger partial charge on any atom is 0.210 e. The average molecular weight is 165 g/mol. The Labute approximate surface area is 73.9 Å². The van der Waals surface area contributed by atoms with E-state index in [0.29, 0.717) is 0 Å². The summed E-state index contributed by atoms with van der Waals surface area (Å²) in [5.41, 5.74) is 0. The molecular weight excluding hydrogens is 150 g/mol. The number of rotatable bonds is 1. The van der Waals surface area contributed by atoms with Crippen molar-refractivity contribution in [1.29, 1.82) is 0 Å². The third-order valence-electron chi connectivity index (χ3n) is 2.13. The van der Waals surface area contributed by atoms with Crippen molar-refractivity contribution in [3.63, 3.8) is 0 Å². The van der Waals surface area contributed by atoms with E-state index in [1.807, 2.05) is 14.1 Å². The van der Waals surface area contributed by atoms with E-state index in [9.17, 15) is 4.79 Å². The smallest absolute Gasteiger partial charge is 0.210 e. The van der Waals surface area contributed by atoms with Gasteiger partial charge in [-0.15, -0.1) is 0 Å². The van der Waals surface area contributed by atoms with Gasteiger partial charge in [-0.05, 0) is 18.8 Å². The second-order valence-electron chi connectivity index (χ2n) is 3.48. The molecule has 0 N–H and O–H groups in total. The lowest BCUT2D eigenvalue weighted by molar-refractivity contribution is -0.117. The first-order chi connectivity index (χ1) is 5.70. The Morgan fingerprint density at radius 3 is 2.42 bits per heavy atom. The van der Waals surface area contributed by atoms with Crippen molar-refractivity contribution >= 4 is 5.78 Å². The molecule has 0 aromatic heterocycles. The first kappa shape index (κ1) is 9.12. The number of nitrogens with zero attached hydrogens (tertiary/aromatic N) is 1. The fourth-order valence-electron chi connectivity index (χ4n) is 1.46. The number of Topliss-reactive ketones (excluding diaryl/α,β-unsaturated/α-hetero) is 1. The molecule has 0 amide bonds. The second kappa shape index (κ2) is 4.15. The van der Waals surface area contributed by atoms with Crippen LogP contribution in [-0.2, 0) is 4.79 Å². The van der Waals surface area contributed by atoms with Crippen molar-refractivity contribution in [3.8, 4) is 12.0 Å². The molecule has 0 unspecified atom stereocenters. The standard InChI is InChI=1S/C10H15NO/c1-11(2)8-7-10(12)9-5-3-4-6-9/h9H,3-6H2,1-2H3. The summed E-state index contributed by atoms with van der Waals surface area (Å²) >= 11 is 0. The third kappa shape index (κ3) is 2.58. The molecule has 1 fully saturated rings. The molecule has 0 aliphatic heterocycles. The van der Waals surface area contributed by atoms with Gasteiger partial charge in [-0.25, -0.2) is 0 Å². The minimum absolute atomic E-state index is 0.126. The van der Waals surface area contributed by atoms with Crippen LogP contribution in [0.15, 0.2) is 0 Å². The van der Waals surface area contributed by atoms with Crippen molar-refractivity contribution in [2.45, 2.75) is 25.7 Å². The Bertz CT molecular complexity index is 216. The first-order valence-electron chi connectivity index (χ1n) is 4.43. The van der Waals surface area contributed by atoms with Crippen LogP contribution in [0, 0.1) is 17.9 Å². The summed E-state index contributed by atoms with van der Waals surface area (Å²) in [4.78, 5) is 13.1. The van der Waals surface area contributed by atoms with Crippen LogP contribution in [0.4, 0.5) is 0 Å². The van der Waals surface area contributed by atoms with Crippen molar-refractivity contribution < 1.29 is 4.79 Å². The molecule has 2 nitrogen and oxygen atoms in total. The highest BCUT2D eigenvalue weighted by atomic mass is 16.1. The summed E-state index contributed by atoms with van der Waals surface area (Å²) < 4.78 is 0. The molecular formula is C10H15NO. The summed E-state index contributed by atoms with van der Waals surface area (Å²) in [6.45, 7) is 0. The van der Waals surface area contributed by atoms with Crippen molar-refractivity contribution in [2.24, 2.45) is 5.92 Å². The van der Waals surface area contributed by atoms with E-state index in [-0.39, 0.29) is 11.7 Å². The molecule has 0 radical (unpaired) electrons. The normalized spacial score (nSPS) is 16.8. The monoisotopic (exact) mass is 165 g/mol. The van der Waals surface area contributed by atoms with Gasteiger partial charge in [-0.1, -0.05) is 12.8 Å². The molecule has 0 aromatic rings. The first-order valence-corrected chi connectivity index (χ1v) is 4.43. The van der Waals surface area contributed by atoms with Gasteiger partial charge in [0.1, 0.15) is 0 Å². The van der Waals surface area contributed by atoms with E-state index in [4.69, 9.17) is 0 Å². The van der Waals surface area contributed by atoms with Crippen molar-refractivity contribution in [1.82, 2.24) is 4.90 Å². The van der Waals surface area contributed by atoms with Crippen LogP contribution in [0.3, 0.4) is 0 Å². The van der Waals surface area contributed by atoms with Crippen molar-refractivity contribution in [3.05, 3.63) is 0 Å². The number of hydrogen-bond donors (Lipinski definition) is 0. The summed E-state index contributed by atoms with van der Waals surface area (Å²) in [6.07, 6.45) is 4.47. The zero-order chi connectivity index (χ0) is 8.97. The van der Waals surface area contributed by atoms with Gasteiger partial charge < -0.3 is 4.90 Å². The Morgan fingerprint density at radius 1 is 1.33 bits per heavy atom. The summed E-state index contributed by atoms with van der Waals surface area (Å²) in [5, 5.41) is 0. The maximum absolute atomic E-state index is 11.3. The molecule has 0 bridgehead atoms. The maximum atomic E-state index is 11.3. The minimum Gasteiger partial charge on any atom is -0.338 e. The lowest BCUT2D eigenvalue weighted by Crippen LogP contribution is -2.09. The van der Waals surface area contributed by atoms with Crippen molar-refractivity contribution in [2.75, 3.05) is 14.1 Å². The fourth-order valence-corrected chi connectivity index (χ4v) is 1.46. The third-order valence-corrected chi connectivity index (χ3v) is 2.13. The highest BCUT2D eigenvalue weighted by molar-refractivity contribution is 5.97. The topological polar surface area (TPSA) is 20.3 Å². The molecule has 12 heavy (non-hydrogen) atoms. The van der Waals surface area contributed by atoms with Gasteiger partial charge in [0.05, 0.1) is 0 Å². The molecule has 1 aliphatic rings. The number of carbonyl (C=O) groups is 1. The largest absolute Gasteiger partial charge is 0.338 e. The highest BCUT2D eigenvalue weighted by Gasteiger charge is 2.20. The molecule has 1 saturated carbocycles. The van der Waals surface area contributed by atoms with Gasteiger partial charge in [-0.3, -0.25) is 4.79 Å². The Kier molecular flexibility index (Phi) is 3.16. The van der Waals surface area contributed by atoms with E-state index < -0.39 is 0 Å². The quantitative estimate of drug-likeness (QED) is 0.431. The van der Waals surface area contributed by atoms with Gasteiger partial charge >= 0.3 is 0 Å². The molecule has 1 aliphatic carbocycles. The Balaban J connectivity index is 2.43. The molecule has 0 atom stereocenters. The Morgan fingerprint density at radius 2 is 1.92 bits per heavy atom. The van der Waals surface area contributed by atoms with E-state index in [1.54, 1.807) is 4.90 Å². The van der Waals surface area contributed by atoms with Crippen LogP contribution in [0.2, 0.25) is 0 Å². The minimum atomic E-state index is 0.126. The number of hydrogen-bond acceptors (Lipinski definition) is 2. The molecule has 0 spiro atoms. The van der Waals surface area contributed by atoms with Crippen LogP contribution >= 0.6 is 0 Å². The van der Waals surface area contributed by atoms with Gasteiger partial charge in [0.15, 0.2) is 0 Å². The SMILES string of the molecule is CN(C)C#CC(=O)C1CCCC1. The number of ketones is 1. The summed E-state index contributed by atoms with van der Waals surface area (Å²) in [7, 11) is 3.68.